The van der Waals surface area contributed by atoms with Gasteiger partial charge in [0.2, 0.25) is 0 Å². The fraction of sp³-hybridized carbons (Fsp3) is 0.647. The molecule has 1 aromatic carbocycles. The predicted molar refractivity (Wildman–Crippen MR) is 97.4 cm³/mol. The summed E-state index contributed by atoms with van der Waals surface area (Å²) in [6.07, 6.45) is 6.68. The monoisotopic (exact) mass is 416 g/mol. The number of hydrogen-bond acceptors (Lipinski definition) is 2. The molecule has 4 heteroatoms. The summed E-state index contributed by atoms with van der Waals surface area (Å²) < 4.78 is 2.19. The van der Waals surface area contributed by atoms with Crippen molar-refractivity contribution in [2.45, 2.75) is 51.1 Å². The van der Waals surface area contributed by atoms with Crippen molar-refractivity contribution in [3.05, 3.63) is 32.7 Å². The molecular weight excluding hydrogens is 392 g/mol. The molecule has 0 radical (unpaired) electrons. The average molecular weight is 418 g/mol. The van der Waals surface area contributed by atoms with E-state index >= 15 is 0 Å². The Morgan fingerprint density at radius 1 is 1.19 bits per heavy atom. The molecule has 1 atom stereocenters. The maximum atomic E-state index is 6.09. The largest absolute Gasteiger partial charge is 0.329 e. The summed E-state index contributed by atoms with van der Waals surface area (Å²) >= 11 is 7.14. The number of benzene rings is 1. The van der Waals surface area contributed by atoms with Crippen molar-refractivity contribution in [1.29, 1.82) is 0 Å². The van der Waals surface area contributed by atoms with Crippen molar-refractivity contribution in [1.82, 2.24) is 4.90 Å². The number of nitrogens with zero attached hydrogens (tertiary/aromatic N) is 1. The van der Waals surface area contributed by atoms with Crippen molar-refractivity contribution in [3.63, 3.8) is 0 Å². The highest BCUT2D eigenvalue weighted by molar-refractivity contribution is 9.13. The van der Waals surface area contributed by atoms with Gasteiger partial charge in [-0.3, -0.25) is 4.90 Å². The first-order valence-electron chi connectivity index (χ1n) is 7.93. The van der Waals surface area contributed by atoms with E-state index in [2.05, 4.69) is 68.9 Å². The minimum Gasteiger partial charge on any atom is -0.329 e. The summed E-state index contributed by atoms with van der Waals surface area (Å²) in [4.78, 5) is 2.50. The number of rotatable bonds is 5. The van der Waals surface area contributed by atoms with Crippen LogP contribution >= 0.6 is 31.9 Å². The Morgan fingerprint density at radius 3 is 2.38 bits per heavy atom. The number of nitrogens with two attached hydrogens (primary N) is 1. The van der Waals surface area contributed by atoms with Crippen LogP contribution < -0.4 is 5.73 Å². The molecule has 1 saturated carbocycles. The Balaban J connectivity index is 2.08. The summed E-state index contributed by atoms with van der Waals surface area (Å²) in [5, 5.41) is 0. The van der Waals surface area contributed by atoms with Gasteiger partial charge in [-0.2, -0.15) is 0 Å². The van der Waals surface area contributed by atoms with Crippen LogP contribution in [0.2, 0.25) is 0 Å². The first-order chi connectivity index (χ1) is 10.1. The van der Waals surface area contributed by atoms with Crippen molar-refractivity contribution in [2.24, 2.45) is 11.7 Å². The third kappa shape index (κ3) is 4.31. The van der Waals surface area contributed by atoms with Gasteiger partial charge < -0.3 is 5.73 Å². The molecule has 1 aliphatic rings. The summed E-state index contributed by atoms with van der Waals surface area (Å²) in [6, 6.07) is 7.45. The van der Waals surface area contributed by atoms with E-state index in [1.165, 1.54) is 37.7 Å². The van der Waals surface area contributed by atoms with E-state index in [0.29, 0.717) is 18.6 Å². The fourth-order valence-corrected chi connectivity index (χ4v) is 4.12. The Labute approximate surface area is 145 Å². The highest BCUT2D eigenvalue weighted by Gasteiger charge is 2.27. The lowest BCUT2D eigenvalue weighted by Crippen LogP contribution is -2.40. The Bertz CT molecular complexity index is 456. The maximum Gasteiger partial charge on any atom is 0.0470 e. The molecule has 0 amide bonds. The highest BCUT2D eigenvalue weighted by Crippen LogP contribution is 2.34. The average Bonchev–Trinajstić information content (AvgIpc) is 2.51. The van der Waals surface area contributed by atoms with Gasteiger partial charge in [0.05, 0.1) is 0 Å². The zero-order chi connectivity index (χ0) is 15.4. The highest BCUT2D eigenvalue weighted by atomic mass is 79.9. The molecule has 2 N–H and O–H groups in total. The van der Waals surface area contributed by atoms with Crippen LogP contribution in [0.3, 0.4) is 0 Å². The Morgan fingerprint density at radius 2 is 1.86 bits per heavy atom. The van der Waals surface area contributed by atoms with Crippen LogP contribution in [0, 0.1) is 5.92 Å². The zero-order valence-corrected chi connectivity index (χ0v) is 16.2. The zero-order valence-electron chi connectivity index (χ0n) is 13.0. The normalized spacial score (nSPS) is 24.3. The molecular formula is C17H26Br2N2. The van der Waals surface area contributed by atoms with Crippen LogP contribution in [-0.2, 0) is 0 Å². The van der Waals surface area contributed by atoms with Crippen molar-refractivity contribution in [2.75, 3.05) is 13.6 Å². The fourth-order valence-electron chi connectivity index (χ4n) is 3.47. The molecule has 1 unspecified atom stereocenters. The van der Waals surface area contributed by atoms with Crippen LogP contribution in [0.15, 0.2) is 27.1 Å². The lowest BCUT2D eigenvalue weighted by molar-refractivity contribution is 0.122. The molecule has 0 saturated heterocycles. The first kappa shape index (κ1) is 17.5. The van der Waals surface area contributed by atoms with Crippen molar-refractivity contribution in [3.8, 4) is 0 Å². The van der Waals surface area contributed by atoms with Gasteiger partial charge in [0.25, 0.3) is 0 Å². The van der Waals surface area contributed by atoms with E-state index < -0.39 is 0 Å². The Kier molecular flexibility index (Phi) is 6.73. The molecule has 1 fully saturated rings. The topological polar surface area (TPSA) is 29.3 Å². The van der Waals surface area contributed by atoms with E-state index in [0.717, 1.165) is 14.9 Å². The van der Waals surface area contributed by atoms with E-state index in [9.17, 15) is 0 Å². The van der Waals surface area contributed by atoms with Gasteiger partial charge in [-0.25, -0.2) is 0 Å². The molecule has 0 aliphatic heterocycles. The van der Waals surface area contributed by atoms with E-state index in [4.69, 9.17) is 5.73 Å². The molecule has 0 bridgehead atoms. The summed E-state index contributed by atoms with van der Waals surface area (Å²) in [6.45, 7) is 2.98. The number of likely N-dealkylation sites (N-methyl/N-ethyl adjacent to an activating group) is 1. The first-order valence-corrected chi connectivity index (χ1v) is 9.52. The van der Waals surface area contributed by atoms with Crippen LogP contribution in [-0.4, -0.2) is 24.5 Å². The summed E-state index contributed by atoms with van der Waals surface area (Å²) in [7, 11) is 2.24. The minimum absolute atomic E-state index is 0.303. The third-order valence-corrected chi connectivity index (χ3v) is 6.89. The summed E-state index contributed by atoms with van der Waals surface area (Å²) in [5.74, 6) is 0.938. The van der Waals surface area contributed by atoms with Crippen LogP contribution in [0.25, 0.3) is 0 Å². The third-order valence-electron chi connectivity index (χ3n) is 5.01. The van der Waals surface area contributed by atoms with Crippen molar-refractivity contribution >= 4 is 31.9 Å². The number of halogens is 2. The molecule has 0 heterocycles. The maximum absolute atomic E-state index is 6.09. The molecule has 118 valence electrons. The second-order valence-electron chi connectivity index (χ2n) is 6.17. The predicted octanol–water partition coefficient (Wildman–Crippen LogP) is 5.11. The van der Waals surface area contributed by atoms with Gasteiger partial charge >= 0.3 is 0 Å². The van der Waals surface area contributed by atoms with Gasteiger partial charge in [0, 0.05) is 27.6 Å². The lowest BCUT2D eigenvalue weighted by Gasteiger charge is -2.39. The number of hydrogen-bond donors (Lipinski definition) is 1. The second kappa shape index (κ2) is 8.09. The quantitative estimate of drug-likeness (QED) is 0.720. The van der Waals surface area contributed by atoms with Gasteiger partial charge in [0.15, 0.2) is 0 Å². The van der Waals surface area contributed by atoms with Crippen LogP contribution in [0.4, 0.5) is 0 Å². The SMILES string of the molecule is CCC1CCC(N(C)C(CN)c2ccc(Br)c(Br)c2)CC1. The molecule has 1 aromatic rings. The van der Waals surface area contributed by atoms with E-state index in [-0.39, 0.29) is 0 Å². The molecule has 0 spiro atoms. The second-order valence-corrected chi connectivity index (χ2v) is 7.88. The Hall–Kier alpha value is 0.1000. The van der Waals surface area contributed by atoms with Gasteiger partial charge in [-0.1, -0.05) is 19.4 Å². The van der Waals surface area contributed by atoms with Crippen molar-refractivity contribution < 1.29 is 0 Å². The standard InChI is InChI=1S/C17H26Br2N2/c1-3-12-4-7-14(8-5-12)21(2)17(11-20)13-6-9-15(18)16(19)10-13/h6,9-10,12,14,17H,3-5,7-8,11,20H2,1-2H3. The van der Waals surface area contributed by atoms with E-state index in [1.807, 2.05) is 0 Å². The molecule has 2 rings (SSSR count). The van der Waals surface area contributed by atoms with Gasteiger partial charge in [-0.15, -0.1) is 0 Å². The van der Waals surface area contributed by atoms with Gasteiger partial charge in [0.1, 0.15) is 0 Å². The molecule has 1 aliphatic carbocycles. The minimum atomic E-state index is 0.303. The van der Waals surface area contributed by atoms with Crippen LogP contribution in [0.5, 0.6) is 0 Å². The molecule has 0 aromatic heterocycles. The van der Waals surface area contributed by atoms with Crippen LogP contribution in [0.1, 0.15) is 50.6 Å². The van der Waals surface area contributed by atoms with E-state index in [1.54, 1.807) is 0 Å². The summed E-state index contributed by atoms with van der Waals surface area (Å²) in [5.41, 5.74) is 7.38. The molecule has 2 nitrogen and oxygen atoms in total. The van der Waals surface area contributed by atoms with Gasteiger partial charge in [-0.05, 0) is 88.2 Å². The smallest absolute Gasteiger partial charge is 0.0470 e. The molecule has 21 heavy (non-hydrogen) atoms. The lowest BCUT2D eigenvalue weighted by atomic mass is 9.83.